The molecule has 0 saturated heterocycles. The minimum absolute atomic E-state index is 0.374. The second-order valence-electron chi connectivity index (χ2n) is 8.65. The van der Waals surface area contributed by atoms with Crippen molar-refractivity contribution in [2.45, 2.75) is 41.5 Å². The second kappa shape index (κ2) is 9.84. The van der Waals surface area contributed by atoms with Gasteiger partial charge in [-0.3, -0.25) is 0 Å². The van der Waals surface area contributed by atoms with Gasteiger partial charge in [-0.25, -0.2) is 9.59 Å². The van der Waals surface area contributed by atoms with E-state index >= 15 is 0 Å². The van der Waals surface area contributed by atoms with E-state index < -0.39 is 19.9 Å². The van der Waals surface area contributed by atoms with Gasteiger partial charge in [0.2, 0.25) is 5.69 Å². The summed E-state index contributed by atoms with van der Waals surface area (Å²) in [4.78, 5) is 23.8. The van der Waals surface area contributed by atoms with Crippen LogP contribution in [0.5, 0.6) is 11.5 Å². The standard InChI is InChI=1S/C27H31NO4P/c1-16(2)26(29)31-22-11-18(5)24(19(6)12-22)28-9-10-33(15-28)25-20(7)13-23(14-21(25)8)32-27(30)17(3)4/h11-15H,1,3,9-10H2,2,4-8H3/q+1. The number of benzene rings is 2. The van der Waals surface area contributed by atoms with Gasteiger partial charge >= 0.3 is 11.9 Å². The topological polar surface area (TPSA) is 55.6 Å². The van der Waals surface area contributed by atoms with Crippen LogP contribution in [0.1, 0.15) is 36.1 Å². The van der Waals surface area contributed by atoms with Crippen molar-refractivity contribution in [1.29, 1.82) is 0 Å². The van der Waals surface area contributed by atoms with Crippen molar-refractivity contribution in [2.75, 3.05) is 12.7 Å². The fraction of sp³-hybridized carbons (Fsp3) is 0.296. The fourth-order valence-corrected chi connectivity index (χ4v) is 6.57. The maximum absolute atomic E-state index is 11.9. The lowest BCUT2D eigenvalue weighted by Gasteiger charge is -2.14. The van der Waals surface area contributed by atoms with Gasteiger partial charge in [-0.2, -0.15) is 4.58 Å². The summed E-state index contributed by atoms with van der Waals surface area (Å²) in [5.74, 6) is 2.60. The highest BCUT2D eigenvalue weighted by molar-refractivity contribution is 7.79. The summed E-state index contributed by atoms with van der Waals surface area (Å²) >= 11 is 0. The van der Waals surface area contributed by atoms with Crippen LogP contribution < -0.4 is 14.8 Å². The smallest absolute Gasteiger partial charge is 0.338 e. The van der Waals surface area contributed by atoms with Crippen molar-refractivity contribution in [3.05, 3.63) is 70.8 Å². The molecular formula is C27H31NO4P+. The molecule has 0 aliphatic carbocycles. The molecular weight excluding hydrogens is 433 g/mol. The largest absolute Gasteiger partial charge is 0.423 e. The molecule has 33 heavy (non-hydrogen) atoms. The van der Waals surface area contributed by atoms with Crippen molar-refractivity contribution in [3.8, 4) is 11.5 Å². The molecule has 0 spiro atoms. The van der Waals surface area contributed by atoms with Crippen molar-refractivity contribution in [3.63, 3.8) is 0 Å². The van der Waals surface area contributed by atoms with Gasteiger partial charge in [-0.15, -0.1) is 0 Å². The van der Waals surface area contributed by atoms with Gasteiger partial charge in [0.15, 0.2) is 12.5 Å². The van der Waals surface area contributed by atoms with E-state index in [1.165, 1.54) is 5.30 Å². The van der Waals surface area contributed by atoms with Gasteiger partial charge in [0.05, 0.1) is 0 Å². The molecule has 1 unspecified atom stereocenters. The lowest BCUT2D eigenvalue weighted by atomic mass is 10.1. The summed E-state index contributed by atoms with van der Waals surface area (Å²) < 4.78 is 13.2. The molecule has 1 atom stereocenters. The van der Waals surface area contributed by atoms with Crippen molar-refractivity contribution >= 4 is 36.8 Å². The monoisotopic (exact) mass is 464 g/mol. The molecule has 5 nitrogen and oxygen atoms in total. The van der Waals surface area contributed by atoms with E-state index in [1.54, 1.807) is 13.8 Å². The van der Waals surface area contributed by atoms with Gasteiger partial charge in [-0.05, 0) is 82.2 Å². The highest BCUT2D eigenvalue weighted by Crippen LogP contribution is 2.41. The third-order valence-corrected chi connectivity index (χ3v) is 8.00. The zero-order chi connectivity index (χ0) is 24.4. The lowest BCUT2D eigenvalue weighted by molar-refractivity contribution is -0.424. The quantitative estimate of drug-likeness (QED) is 0.189. The molecule has 2 aromatic rings. The molecule has 1 aliphatic rings. The van der Waals surface area contributed by atoms with Gasteiger partial charge in [0, 0.05) is 36.4 Å². The molecule has 6 heteroatoms. The molecule has 0 saturated carbocycles. The predicted octanol–water partition coefficient (Wildman–Crippen LogP) is 5.38. The summed E-state index contributed by atoms with van der Waals surface area (Å²) in [5.41, 5.74) is 6.27. The van der Waals surface area contributed by atoms with E-state index in [0.29, 0.717) is 22.6 Å². The van der Waals surface area contributed by atoms with E-state index in [2.05, 4.69) is 37.5 Å². The zero-order valence-electron chi connectivity index (χ0n) is 20.2. The molecule has 0 bridgehead atoms. The number of esters is 2. The Morgan fingerprint density at radius 3 is 1.67 bits per heavy atom. The Kier molecular flexibility index (Phi) is 7.34. The normalized spacial score (nSPS) is 15.1. The Labute approximate surface area is 197 Å². The molecule has 2 aromatic carbocycles. The number of nitrogens with zero attached hydrogens (tertiary/aromatic N) is 1. The molecule has 0 aromatic heterocycles. The van der Waals surface area contributed by atoms with Crippen LogP contribution in [0.2, 0.25) is 0 Å². The molecule has 1 aliphatic heterocycles. The van der Waals surface area contributed by atoms with Crippen LogP contribution in [0, 0.1) is 27.7 Å². The molecule has 1 heterocycles. The van der Waals surface area contributed by atoms with Crippen molar-refractivity contribution in [1.82, 2.24) is 0 Å². The first kappa shape index (κ1) is 24.6. The lowest BCUT2D eigenvalue weighted by Crippen LogP contribution is -2.14. The van der Waals surface area contributed by atoms with Gasteiger partial charge in [0.25, 0.3) is 0 Å². The minimum atomic E-state index is -0.499. The number of carbonyl (C=O) groups is 2. The van der Waals surface area contributed by atoms with Gasteiger partial charge < -0.3 is 9.47 Å². The predicted molar refractivity (Wildman–Crippen MR) is 135 cm³/mol. The van der Waals surface area contributed by atoms with Gasteiger partial charge in [-0.1, -0.05) is 13.2 Å². The number of aryl methyl sites for hydroxylation is 4. The van der Waals surface area contributed by atoms with Crippen LogP contribution in [0.3, 0.4) is 0 Å². The highest BCUT2D eigenvalue weighted by atomic mass is 31.1. The van der Waals surface area contributed by atoms with E-state index in [9.17, 15) is 9.59 Å². The zero-order valence-corrected chi connectivity index (χ0v) is 21.1. The third kappa shape index (κ3) is 5.48. The second-order valence-corrected chi connectivity index (χ2v) is 10.7. The maximum atomic E-state index is 11.9. The van der Waals surface area contributed by atoms with Crippen molar-refractivity contribution < 1.29 is 23.6 Å². The molecule has 172 valence electrons. The van der Waals surface area contributed by atoms with E-state index in [0.717, 1.165) is 40.6 Å². The van der Waals surface area contributed by atoms with E-state index in [1.807, 2.05) is 38.1 Å². The van der Waals surface area contributed by atoms with Crippen molar-refractivity contribution in [2.24, 2.45) is 0 Å². The molecule has 0 amide bonds. The number of hydrogen-bond acceptors (Lipinski definition) is 4. The van der Waals surface area contributed by atoms with Crippen LogP contribution in [0.4, 0.5) is 5.69 Å². The third-order valence-electron chi connectivity index (χ3n) is 5.48. The molecule has 0 N–H and O–H groups in total. The van der Waals surface area contributed by atoms with E-state index in [-0.39, 0.29) is 0 Å². The van der Waals surface area contributed by atoms with Crippen LogP contribution >= 0.6 is 7.92 Å². The first-order valence-corrected chi connectivity index (χ1v) is 12.4. The summed E-state index contributed by atoms with van der Waals surface area (Å²) in [5, 5.41) is 1.32. The Morgan fingerprint density at radius 2 is 1.24 bits per heavy atom. The number of rotatable bonds is 6. The first-order valence-electron chi connectivity index (χ1n) is 10.8. The molecule has 3 rings (SSSR count). The Hall–Kier alpha value is -3.04. The number of ether oxygens (including phenoxy) is 2. The minimum Gasteiger partial charge on any atom is -0.423 e. The summed E-state index contributed by atoms with van der Waals surface area (Å²) in [6, 6.07) is 7.67. The molecule has 0 fully saturated rings. The van der Waals surface area contributed by atoms with Crippen LogP contribution in [0.25, 0.3) is 0 Å². The first-order chi connectivity index (χ1) is 15.5. The summed E-state index contributed by atoms with van der Waals surface area (Å²) in [6.45, 7) is 19.7. The Bertz CT molecular complexity index is 1160. The highest BCUT2D eigenvalue weighted by Gasteiger charge is 2.30. The summed E-state index contributed by atoms with van der Waals surface area (Å²) in [6.07, 6.45) is 1.05. The fourth-order valence-electron chi connectivity index (χ4n) is 4.08. The number of carbonyl (C=O) groups excluding carboxylic acids is 2. The van der Waals surface area contributed by atoms with E-state index in [4.69, 9.17) is 9.47 Å². The average molecular weight is 465 g/mol. The number of hydrogen-bond donors (Lipinski definition) is 0. The average Bonchev–Trinajstić information content (AvgIpc) is 3.15. The maximum Gasteiger partial charge on any atom is 0.338 e. The van der Waals surface area contributed by atoms with Crippen LogP contribution in [-0.4, -0.2) is 35.2 Å². The SMILES string of the molecule is C=C(C)C(=O)Oc1cc(C)c([N+]2=CP(c3c(C)cc(OC(=O)C(=C)C)cc3C)CC2)c(C)c1. The van der Waals surface area contributed by atoms with Crippen LogP contribution in [-0.2, 0) is 9.59 Å². The summed E-state index contributed by atoms with van der Waals surface area (Å²) in [7, 11) is -0.499. The Morgan fingerprint density at radius 1 is 0.818 bits per heavy atom. The van der Waals surface area contributed by atoms with Gasteiger partial charge in [0.1, 0.15) is 11.5 Å². The molecule has 0 radical (unpaired) electrons. The van der Waals surface area contributed by atoms with Crippen LogP contribution in [0.15, 0.2) is 48.6 Å². The Balaban J connectivity index is 1.89.